The van der Waals surface area contributed by atoms with Gasteiger partial charge >= 0.3 is 0 Å². The van der Waals surface area contributed by atoms with Crippen LogP contribution in [0.1, 0.15) is 18.4 Å². The molecule has 1 fully saturated rings. The number of carbonyl (C=O) groups excluding carboxylic acids is 1. The van der Waals surface area contributed by atoms with E-state index < -0.39 is 44.9 Å². The van der Waals surface area contributed by atoms with Crippen molar-refractivity contribution in [1.29, 1.82) is 0 Å². The van der Waals surface area contributed by atoms with Gasteiger partial charge in [-0.05, 0) is 37.1 Å². The molecule has 3 rings (SSSR count). The molecule has 1 amide bonds. The van der Waals surface area contributed by atoms with E-state index >= 15 is 0 Å². The number of rotatable bonds is 5. The fourth-order valence-corrected chi connectivity index (χ4v) is 5.56. The van der Waals surface area contributed by atoms with Gasteiger partial charge in [-0.15, -0.1) is 0 Å². The highest BCUT2D eigenvalue weighted by molar-refractivity contribution is 7.88. The molecule has 29 heavy (non-hydrogen) atoms. The number of amides is 1. The van der Waals surface area contributed by atoms with E-state index in [1.54, 1.807) is 18.2 Å². The van der Waals surface area contributed by atoms with Gasteiger partial charge in [-0.1, -0.05) is 35.3 Å². The van der Waals surface area contributed by atoms with E-state index in [1.807, 2.05) is 0 Å². The molecule has 10 heteroatoms. The summed E-state index contributed by atoms with van der Waals surface area (Å²) in [6, 6.07) is 7.97. The second kappa shape index (κ2) is 8.95. The molecule has 1 aliphatic rings. The topological polar surface area (TPSA) is 66.5 Å². The highest BCUT2D eigenvalue weighted by atomic mass is 35.5. The van der Waals surface area contributed by atoms with Crippen LogP contribution in [0, 0.1) is 17.6 Å². The monoisotopic (exact) mass is 462 g/mol. The second-order valence-corrected chi connectivity index (χ2v) is 9.52. The van der Waals surface area contributed by atoms with Crippen molar-refractivity contribution in [3.8, 4) is 0 Å². The third-order valence-electron chi connectivity index (χ3n) is 4.75. The molecule has 1 unspecified atom stereocenters. The van der Waals surface area contributed by atoms with Crippen molar-refractivity contribution in [2.24, 2.45) is 5.92 Å². The van der Waals surface area contributed by atoms with Gasteiger partial charge in [-0.25, -0.2) is 21.5 Å². The van der Waals surface area contributed by atoms with Gasteiger partial charge in [-0.2, -0.15) is 0 Å². The summed E-state index contributed by atoms with van der Waals surface area (Å²) in [7, 11) is -3.80. The van der Waals surface area contributed by atoms with Crippen LogP contribution in [-0.2, 0) is 20.6 Å². The summed E-state index contributed by atoms with van der Waals surface area (Å²) in [5.41, 5.74) is -0.254. The van der Waals surface area contributed by atoms with E-state index in [2.05, 4.69) is 5.32 Å². The third-order valence-corrected chi connectivity index (χ3v) is 7.23. The Kier molecular flexibility index (Phi) is 6.78. The Balaban J connectivity index is 1.73. The zero-order chi connectivity index (χ0) is 21.2. The Morgan fingerprint density at radius 1 is 1.10 bits per heavy atom. The standard InChI is InChI=1S/C19H18Cl2F2N2O3S/c20-14-5-1-6-15(21)13(14)11-29(27,28)25-9-3-4-12(10-25)19(26)24-18-16(22)7-2-8-17(18)23/h1-2,5-8,12H,3-4,9-11H2,(H,24,26). The fourth-order valence-electron chi connectivity index (χ4n) is 3.20. The van der Waals surface area contributed by atoms with Gasteiger partial charge in [-0.3, -0.25) is 4.79 Å². The smallest absolute Gasteiger partial charge is 0.228 e. The largest absolute Gasteiger partial charge is 0.321 e. The summed E-state index contributed by atoms with van der Waals surface area (Å²) in [4.78, 5) is 12.5. The maximum absolute atomic E-state index is 13.8. The number of anilines is 1. The summed E-state index contributed by atoms with van der Waals surface area (Å²) in [5, 5.41) is 2.71. The molecule has 1 N–H and O–H groups in total. The first-order chi connectivity index (χ1) is 13.7. The molecular formula is C19H18Cl2F2N2O3S. The number of hydrogen-bond donors (Lipinski definition) is 1. The molecule has 0 spiro atoms. The van der Waals surface area contributed by atoms with Crippen LogP contribution in [0.2, 0.25) is 10.0 Å². The van der Waals surface area contributed by atoms with Gasteiger partial charge < -0.3 is 5.32 Å². The Morgan fingerprint density at radius 3 is 2.31 bits per heavy atom. The van der Waals surface area contributed by atoms with Crippen LogP contribution in [0.15, 0.2) is 36.4 Å². The van der Waals surface area contributed by atoms with E-state index in [0.29, 0.717) is 12.8 Å². The maximum atomic E-state index is 13.8. The van der Waals surface area contributed by atoms with Gasteiger partial charge in [0, 0.05) is 28.7 Å². The lowest BCUT2D eigenvalue weighted by atomic mass is 9.98. The van der Waals surface area contributed by atoms with Crippen molar-refractivity contribution in [3.63, 3.8) is 0 Å². The Morgan fingerprint density at radius 2 is 1.69 bits per heavy atom. The van der Waals surface area contributed by atoms with Crippen molar-refractivity contribution in [3.05, 3.63) is 63.6 Å². The van der Waals surface area contributed by atoms with Crippen LogP contribution in [-0.4, -0.2) is 31.7 Å². The SMILES string of the molecule is O=C(Nc1c(F)cccc1F)C1CCCN(S(=O)(=O)Cc2c(Cl)cccc2Cl)C1. The molecule has 1 saturated heterocycles. The maximum Gasteiger partial charge on any atom is 0.228 e. The Hall–Kier alpha value is -1.74. The zero-order valence-electron chi connectivity index (χ0n) is 15.2. The van der Waals surface area contributed by atoms with Crippen LogP contribution < -0.4 is 5.32 Å². The van der Waals surface area contributed by atoms with E-state index in [4.69, 9.17) is 23.2 Å². The van der Waals surface area contributed by atoms with Gasteiger partial charge in [0.25, 0.3) is 0 Å². The average Bonchev–Trinajstić information content (AvgIpc) is 2.68. The van der Waals surface area contributed by atoms with E-state index in [1.165, 1.54) is 10.4 Å². The van der Waals surface area contributed by atoms with Gasteiger partial charge in [0.15, 0.2) is 0 Å². The third kappa shape index (κ3) is 5.06. The first-order valence-electron chi connectivity index (χ1n) is 8.84. The molecule has 1 atom stereocenters. The summed E-state index contributed by atoms with van der Waals surface area (Å²) >= 11 is 12.1. The predicted octanol–water partition coefficient (Wildman–Crippen LogP) is 4.45. The van der Waals surface area contributed by atoms with E-state index in [-0.39, 0.29) is 28.7 Å². The summed E-state index contributed by atoms with van der Waals surface area (Å²) in [6.07, 6.45) is 0.841. The minimum atomic E-state index is -3.80. The van der Waals surface area contributed by atoms with Crippen LogP contribution in [0.4, 0.5) is 14.5 Å². The minimum absolute atomic E-state index is 0.0910. The van der Waals surface area contributed by atoms with Crippen LogP contribution >= 0.6 is 23.2 Å². The fraction of sp³-hybridized carbons (Fsp3) is 0.316. The number of para-hydroxylation sites is 1. The minimum Gasteiger partial charge on any atom is -0.321 e. The Bertz CT molecular complexity index is 994. The number of carbonyl (C=O) groups is 1. The summed E-state index contributed by atoms with van der Waals surface area (Å²) in [5.74, 6) is -3.56. The lowest BCUT2D eigenvalue weighted by Gasteiger charge is -2.31. The van der Waals surface area contributed by atoms with Crippen molar-refractivity contribution < 1.29 is 22.0 Å². The van der Waals surface area contributed by atoms with Crippen molar-refractivity contribution >= 4 is 44.8 Å². The molecule has 0 aromatic heterocycles. The van der Waals surface area contributed by atoms with Gasteiger partial charge in [0.1, 0.15) is 17.3 Å². The zero-order valence-corrected chi connectivity index (χ0v) is 17.5. The number of piperidine rings is 1. The second-order valence-electron chi connectivity index (χ2n) is 6.74. The molecule has 156 valence electrons. The van der Waals surface area contributed by atoms with Crippen LogP contribution in [0.25, 0.3) is 0 Å². The lowest BCUT2D eigenvalue weighted by molar-refractivity contribution is -0.120. The lowest BCUT2D eigenvalue weighted by Crippen LogP contribution is -2.44. The Labute approximate surface area is 177 Å². The van der Waals surface area contributed by atoms with Crippen molar-refractivity contribution in [2.75, 3.05) is 18.4 Å². The van der Waals surface area contributed by atoms with Crippen molar-refractivity contribution in [1.82, 2.24) is 4.31 Å². The molecule has 2 aromatic rings. The van der Waals surface area contributed by atoms with Gasteiger partial charge in [0.2, 0.25) is 15.9 Å². The molecular weight excluding hydrogens is 445 g/mol. The molecule has 5 nitrogen and oxygen atoms in total. The number of benzene rings is 2. The summed E-state index contributed by atoms with van der Waals surface area (Å²) in [6.45, 7) is 0.147. The number of nitrogens with one attached hydrogen (secondary N) is 1. The highest BCUT2D eigenvalue weighted by Crippen LogP contribution is 2.29. The van der Waals surface area contributed by atoms with E-state index in [9.17, 15) is 22.0 Å². The molecule has 1 heterocycles. The number of hydrogen-bond acceptors (Lipinski definition) is 3. The number of nitrogens with zero attached hydrogens (tertiary/aromatic N) is 1. The molecule has 1 aliphatic heterocycles. The van der Waals surface area contributed by atoms with E-state index in [0.717, 1.165) is 12.1 Å². The van der Waals surface area contributed by atoms with Gasteiger partial charge in [0.05, 0.1) is 11.7 Å². The molecule has 2 aromatic carbocycles. The van der Waals surface area contributed by atoms with Crippen LogP contribution in [0.3, 0.4) is 0 Å². The van der Waals surface area contributed by atoms with Crippen LogP contribution in [0.5, 0.6) is 0 Å². The van der Waals surface area contributed by atoms with Crippen molar-refractivity contribution in [2.45, 2.75) is 18.6 Å². The first-order valence-corrected chi connectivity index (χ1v) is 11.2. The average molecular weight is 463 g/mol. The predicted molar refractivity (Wildman–Crippen MR) is 108 cm³/mol. The summed E-state index contributed by atoms with van der Waals surface area (Å²) < 4.78 is 54.4. The number of sulfonamides is 1. The molecule has 0 radical (unpaired) electrons. The molecule has 0 saturated carbocycles. The highest BCUT2D eigenvalue weighted by Gasteiger charge is 2.33. The normalized spacial score (nSPS) is 17.9. The quantitative estimate of drug-likeness (QED) is 0.713. The first kappa shape index (κ1) is 22.0. The number of halogens is 4. The molecule has 0 bridgehead atoms. The molecule has 0 aliphatic carbocycles.